The molecule has 17 heavy (non-hydrogen) atoms. The van der Waals surface area contributed by atoms with Crippen molar-refractivity contribution in [2.24, 2.45) is 0 Å². The van der Waals surface area contributed by atoms with E-state index in [0.717, 1.165) is 22.3 Å². The Balaban J connectivity index is 3.00. The summed E-state index contributed by atoms with van der Waals surface area (Å²) in [6.07, 6.45) is 0.740. The molecule has 0 aromatic heterocycles. The van der Waals surface area contributed by atoms with Crippen molar-refractivity contribution in [3.8, 4) is 0 Å². The van der Waals surface area contributed by atoms with Gasteiger partial charge in [0.25, 0.3) is 0 Å². The monoisotopic (exact) mass is 235 g/mol. The normalized spacial score (nSPS) is 11.9. The van der Waals surface area contributed by atoms with E-state index in [9.17, 15) is 9.59 Å². The van der Waals surface area contributed by atoms with Gasteiger partial charge in [-0.15, -0.1) is 0 Å². The summed E-state index contributed by atoms with van der Waals surface area (Å²) in [5.41, 5.74) is 4.25. The van der Waals surface area contributed by atoms with Crippen LogP contribution in [0.5, 0.6) is 0 Å². The smallest absolute Gasteiger partial charge is 0.326 e. The Bertz CT molecular complexity index is 417. The van der Waals surface area contributed by atoms with Gasteiger partial charge in [0.05, 0.1) is 0 Å². The highest BCUT2D eigenvalue weighted by Gasteiger charge is 2.18. The number of carbonyl (C=O) groups is 2. The molecular weight excluding hydrogens is 218 g/mol. The molecule has 92 valence electrons. The van der Waals surface area contributed by atoms with Crippen LogP contribution < -0.4 is 5.32 Å². The van der Waals surface area contributed by atoms with Gasteiger partial charge in [-0.3, -0.25) is 4.79 Å². The molecule has 1 rings (SSSR count). The summed E-state index contributed by atoms with van der Waals surface area (Å²) in [4.78, 5) is 21.3. The maximum Gasteiger partial charge on any atom is 0.326 e. The van der Waals surface area contributed by atoms with E-state index in [1.807, 2.05) is 32.9 Å². The van der Waals surface area contributed by atoms with Crippen molar-refractivity contribution in [3.05, 3.63) is 34.4 Å². The number of benzene rings is 1. The molecule has 1 aromatic rings. The lowest BCUT2D eigenvalue weighted by molar-refractivity contribution is -0.140. The molecule has 0 radical (unpaired) electrons. The fourth-order valence-corrected chi connectivity index (χ4v) is 2.04. The fraction of sp³-hybridized carbons (Fsp3) is 0.385. The predicted molar refractivity (Wildman–Crippen MR) is 65.0 cm³/mol. The molecule has 1 aromatic carbocycles. The molecule has 2 N–H and O–H groups in total. The topological polar surface area (TPSA) is 66.4 Å². The van der Waals surface area contributed by atoms with E-state index in [4.69, 9.17) is 5.11 Å². The van der Waals surface area contributed by atoms with Crippen LogP contribution >= 0.6 is 0 Å². The Morgan fingerprint density at radius 1 is 1.35 bits per heavy atom. The van der Waals surface area contributed by atoms with Crippen LogP contribution in [0.3, 0.4) is 0 Å². The number of aliphatic carboxylic acids is 1. The zero-order valence-corrected chi connectivity index (χ0v) is 10.3. The molecule has 0 heterocycles. The van der Waals surface area contributed by atoms with Gasteiger partial charge >= 0.3 is 5.97 Å². The summed E-state index contributed by atoms with van der Waals surface area (Å²) in [6, 6.07) is 3.16. The molecule has 4 nitrogen and oxygen atoms in total. The molecular formula is C13H17NO3. The average Bonchev–Trinajstić information content (AvgIpc) is 2.21. The third-order valence-corrected chi connectivity index (χ3v) is 2.82. The second-order valence-corrected chi connectivity index (χ2v) is 4.26. The lowest BCUT2D eigenvalue weighted by Gasteiger charge is -2.16. The minimum absolute atomic E-state index is 0.312. The second-order valence-electron chi connectivity index (χ2n) is 4.26. The maximum atomic E-state index is 11.0. The van der Waals surface area contributed by atoms with E-state index in [-0.39, 0.29) is 0 Å². The number of rotatable bonds is 5. The molecule has 0 fully saturated rings. The largest absolute Gasteiger partial charge is 0.480 e. The highest BCUT2D eigenvalue weighted by atomic mass is 16.4. The quantitative estimate of drug-likeness (QED) is 0.757. The first kappa shape index (κ1) is 13.2. The third-order valence-electron chi connectivity index (χ3n) is 2.82. The molecule has 0 aliphatic heterocycles. The molecule has 0 aliphatic carbocycles. The van der Waals surface area contributed by atoms with Crippen LogP contribution in [-0.2, 0) is 16.0 Å². The van der Waals surface area contributed by atoms with Gasteiger partial charge in [0, 0.05) is 6.42 Å². The van der Waals surface area contributed by atoms with E-state index in [2.05, 4.69) is 5.32 Å². The summed E-state index contributed by atoms with van der Waals surface area (Å²) in [7, 11) is 0. The number of hydrogen-bond donors (Lipinski definition) is 2. The lowest BCUT2D eigenvalue weighted by atomic mass is 9.94. The fourth-order valence-electron chi connectivity index (χ4n) is 2.04. The van der Waals surface area contributed by atoms with E-state index >= 15 is 0 Å². The minimum atomic E-state index is -1.02. The standard InChI is InChI=1S/C13H17NO3/c1-8-4-9(2)11(10(3)5-8)6-12(13(16)17)14-7-15/h4-5,7,12H,6H2,1-3H3,(H,14,15)(H,16,17). The first-order chi connectivity index (χ1) is 7.95. The predicted octanol–water partition coefficient (Wildman–Crippen LogP) is 1.35. The number of aryl methyl sites for hydroxylation is 3. The third kappa shape index (κ3) is 3.31. The summed E-state index contributed by atoms with van der Waals surface area (Å²) in [5.74, 6) is -1.02. The van der Waals surface area contributed by atoms with Crippen molar-refractivity contribution >= 4 is 12.4 Å². The molecule has 0 saturated heterocycles. The Hall–Kier alpha value is -1.84. The maximum absolute atomic E-state index is 11.0. The van der Waals surface area contributed by atoms with Crippen LogP contribution in [-0.4, -0.2) is 23.5 Å². The Morgan fingerprint density at radius 2 is 1.88 bits per heavy atom. The molecule has 1 amide bonds. The van der Waals surface area contributed by atoms with Crippen LogP contribution in [0.1, 0.15) is 22.3 Å². The minimum Gasteiger partial charge on any atom is -0.480 e. The van der Waals surface area contributed by atoms with Gasteiger partial charge in [0.15, 0.2) is 0 Å². The van der Waals surface area contributed by atoms with Gasteiger partial charge < -0.3 is 10.4 Å². The number of hydrogen-bond acceptors (Lipinski definition) is 2. The summed E-state index contributed by atoms with van der Waals surface area (Å²) in [6.45, 7) is 5.91. The molecule has 1 atom stereocenters. The van der Waals surface area contributed by atoms with Crippen LogP contribution in [0.25, 0.3) is 0 Å². The van der Waals surface area contributed by atoms with Crippen molar-refractivity contribution < 1.29 is 14.7 Å². The number of carboxylic acids is 1. The van der Waals surface area contributed by atoms with Crippen LogP contribution in [0.15, 0.2) is 12.1 Å². The Kier molecular flexibility index (Phi) is 4.26. The van der Waals surface area contributed by atoms with Crippen molar-refractivity contribution in [2.75, 3.05) is 0 Å². The first-order valence-corrected chi connectivity index (χ1v) is 5.45. The van der Waals surface area contributed by atoms with E-state index < -0.39 is 12.0 Å². The molecule has 4 heteroatoms. The van der Waals surface area contributed by atoms with Crippen LogP contribution in [0.2, 0.25) is 0 Å². The SMILES string of the molecule is Cc1cc(C)c(CC(NC=O)C(=O)O)c(C)c1. The van der Waals surface area contributed by atoms with Gasteiger partial charge in [-0.1, -0.05) is 17.7 Å². The van der Waals surface area contributed by atoms with Gasteiger partial charge in [-0.05, 0) is 37.5 Å². The zero-order valence-electron chi connectivity index (χ0n) is 10.3. The summed E-state index contributed by atoms with van der Waals surface area (Å²) in [5, 5.41) is 11.3. The second kappa shape index (κ2) is 5.48. The highest BCUT2D eigenvalue weighted by Crippen LogP contribution is 2.18. The van der Waals surface area contributed by atoms with Crippen LogP contribution in [0.4, 0.5) is 0 Å². The van der Waals surface area contributed by atoms with Gasteiger partial charge in [-0.2, -0.15) is 0 Å². The first-order valence-electron chi connectivity index (χ1n) is 5.45. The highest BCUT2D eigenvalue weighted by molar-refractivity contribution is 5.76. The summed E-state index contributed by atoms with van der Waals surface area (Å²) >= 11 is 0. The molecule has 0 saturated carbocycles. The van der Waals surface area contributed by atoms with E-state index in [0.29, 0.717) is 12.8 Å². The summed E-state index contributed by atoms with van der Waals surface area (Å²) < 4.78 is 0. The van der Waals surface area contributed by atoms with Gasteiger partial charge in [0.2, 0.25) is 6.41 Å². The molecule has 0 bridgehead atoms. The number of carbonyl (C=O) groups excluding carboxylic acids is 1. The number of nitrogens with one attached hydrogen (secondary N) is 1. The number of carboxylic acid groups (broad SMARTS) is 1. The van der Waals surface area contributed by atoms with Crippen molar-refractivity contribution in [3.63, 3.8) is 0 Å². The lowest BCUT2D eigenvalue weighted by Crippen LogP contribution is -2.37. The van der Waals surface area contributed by atoms with Gasteiger partial charge in [0.1, 0.15) is 6.04 Å². The number of amides is 1. The molecule has 1 unspecified atom stereocenters. The molecule has 0 spiro atoms. The Morgan fingerprint density at radius 3 is 2.29 bits per heavy atom. The molecule has 0 aliphatic rings. The van der Waals surface area contributed by atoms with Crippen molar-refractivity contribution in [1.82, 2.24) is 5.32 Å². The average molecular weight is 235 g/mol. The van der Waals surface area contributed by atoms with Crippen LogP contribution in [0, 0.1) is 20.8 Å². The Labute approximate surface area is 101 Å². The van der Waals surface area contributed by atoms with E-state index in [1.54, 1.807) is 0 Å². The van der Waals surface area contributed by atoms with Crippen molar-refractivity contribution in [1.29, 1.82) is 0 Å². The van der Waals surface area contributed by atoms with Crippen molar-refractivity contribution in [2.45, 2.75) is 33.2 Å². The van der Waals surface area contributed by atoms with E-state index in [1.165, 1.54) is 0 Å². The van der Waals surface area contributed by atoms with Gasteiger partial charge in [-0.25, -0.2) is 4.79 Å². The zero-order chi connectivity index (χ0) is 13.0.